The van der Waals surface area contributed by atoms with Crippen LogP contribution in [0.3, 0.4) is 0 Å². The topological polar surface area (TPSA) is 88.7 Å². The molecule has 0 aromatic heterocycles. The first-order chi connectivity index (χ1) is 16.0. The third-order valence-electron chi connectivity index (χ3n) is 4.52. The number of rotatable bonds is 11. The van der Waals surface area contributed by atoms with Gasteiger partial charge in [0.1, 0.15) is 24.7 Å². The summed E-state index contributed by atoms with van der Waals surface area (Å²) in [4.78, 5) is 24.2. The second-order valence-corrected chi connectivity index (χ2v) is 7.64. The molecule has 0 bridgehead atoms. The lowest BCUT2D eigenvalue weighted by Crippen LogP contribution is -2.30. The maximum absolute atomic E-state index is 12.2. The van der Waals surface area contributed by atoms with E-state index in [1.807, 2.05) is 68.4 Å². The standard InChI is InChI=1S/C26H29N3O4/c1-19(2)28-26(31)20-8-10-22(11-9-20)29-25(30)18-27-21-12-14-24(15-13-21)33-17-16-32-23-6-4-3-5-7-23/h3-15,19,27H,16-18H2,1-2H3,(H,28,31)(H,29,30). The number of nitrogens with one attached hydrogen (secondary N) is 3. The summed E-state index contributed by atoms with van der Waals surface area (Å²) in [5, 5.41) is 8.71. The van der Waals surface area contributed by atoms with Gasteiger partial charge in [-0.2, -0.15) is 0 Å². The van der Waals surface area contributed by atoms with Crippen molar-refractivity contribution in [3.05, 3.63) is 84.4 Å². The van der Waals surface area contributed by atoms with E-state index in [9.17, 15) is 9.59 Å². The Morgan fingerprint density at radius 1 is 0.758 bits per heavy atom. The Hall–Kier alpha value is -4.00. The van der Waals surface area contributed by atoms with E-state index in [4.69, 9.17) is 9.47 Å². The monoisotopic (exact) mass is 447 g/mol. The minimum absolute atomic E-state index is 0.0669. The van der Waals surface area contributed by atoms with Gasteiger partial charge in [-0.15, -0.1) is 0 Å². The molecule has 0 aliphatic rings. The summed E-state index contributed by atoms with van der Waals surface area (Å²) in [6.45, 7) is 4.81. The molecule has 7 nitrogen and oxygen atoms in total. The zero-order chi connectivity index (χ0) is 23.5. The van der Waals surface area contributed by atoms with Crippen LogP contribution in [0.1, 0.15) is 24.2 Å². The van der Waals surface area contributed by atoms with Crippen LogP contribution in [0.2, 0.25) is 0 Å². The molecular formula is C26H29N3O4. The zero-order valence-corrected chi connectivity index (χ0v) is 18.8. The van der Waals surface area contributed by atoms with Gasteiger partial charge in [-0.1, -0.05) is 18.2 Å². The highest BCUT2D eigenvalue weighted by Crippen LogP contribution is 2.16. The molecule has 3 N–H and O–H groups in total. The molecule has 33 heavy (non-hydrogen) atoms. The van der Waals surface area contributed by atoms with Gasteiger partial charge < -0.3 is 25.4 Å². The Morgan fingerprint density at radius 3 is 1.94 bits per heavy atom. The third kappa shape index (κ3) is 8.22. The van der Waals surface area contributed by atoms with Crippen LogP contribution < -0.4 is 25.4 Å². The summed E-state index contributed by atoms with van der Waals surface area (Å²) in [5.74, 6) is 1.21. The molecule has 0 spiro atoms. The van der Waals surface area contributed by atoms with Gasteiger partial charge in [-0.05, 0) is 74.5 Å². The van der Waals surface area contributed by atoms with Gasteiger partial charge in [0.25, 0.3) is 5.91 Å². The van der Waals surface area contributed by atoms with Crippen LogP contribution in [0.15, 0.2) is 78.9 Å². The molecule has 0 aliphatic carbocycles. The largest absolute Gasteiger partial charge is 0.490 e. The first kappa shape index (κ1) is 23.7. The number of benzene rings is 3. The highest BCUT2D eigenvalue weighted by molar-refractivity contribution is 5.96. The molecule has 0 unspecified atom stereocenters. The zero-order valence-electron chi connectivity index (χ0n) is 18.8. The van der Waals surface area contributed by atoms with Crippen molar-refractivity contribution >= 4 is 23.2 Å². The van der Waals surface area contributed by atoms with Gasteiger partial charge in [-0.3, -0.25) is 9.59 Å². The molecule has 0 atom stereocenters. The van der Waals surface area contributed by atoms with Crippen molar-refractivity contribution < 1.29 is 19.1 Å². The summed E-state index contributed by atoms with van der Waals surface area (Å²) in [7, 11) is 0. The summed E-state index contributed by atoms with van der Waals surface area (Å²) in [6.07, 6.45) is 0. The van der Waals surface area contributed by atoms with E-state index in [-0.39, 0.29) is 24.4 Å². The van der Waals surface area contributed by atoms with Crippen molar-refractivity contribution in [3.8, 4) is 11.5 Å². The Bertz CT molecular complexity index is 1020. The van der Waals surface area contributed by atoms with E-state index >= 15 is 0 Å². The number of hydrogen-bond donors (Lipinski definition) is 3. The number of hydrogen-bond acceptors (Lipinski definition) is 5. The SMILES string of the molecule is CC(C)NC(=O)c1ccc(NC(=O)CNc2ccc(OCCOc3ccccc3)cc2)cc1. The number of para-hydroxylation sites is 1. The van der Waals surface area contributed by atoms with E-state index < -0.39 is 0 Å². The first-order valence-electron chi connectivity index (χ1n) is 10.8. The summed E-state index contributed by atoms with van der Waals surface area (Å²) < 4.78 is 11.3. The maximum Gasteiger partial charge on any atom is 0.251 e. The molecule has 7 heteroatoms. The Labute approximate surface area is 194 Å². The predicted octanol–water partition coefficient (Wildman–Crippen LogP) is 4.33. The summed E-state index contributed by atoms with van der Waals surface area (Å²) >= 11 is 0. The van der Waals surface area contributed by atoms with Crippen molar-refractivity contribution in [3.63, 3.8) is 0 Å². The molecule has 3 rings (SSSR count). The van der Waals surface area contributed by atoms with Gasteiger partial charge in [0.05, 0.1) is 6.54 Å². The van der Waals surface area contributed by atoms with Gasteiger partial charge in [0.15, 0.2) is 0 Å². The van der Waals surface area contributed by atoms with Crippen molar-refractivity contribution in [2.45, 2.75) is 19.9 Å². The van der Waals surface area contributed by atoms with Crippen LogP contribution >= 0.6 is 0 Å². The average Bonchev–Trinajstić information content (AvgIpc) is 2.82. The number of ether oxygens (including phenoxy) is 2. The lowest BCUT2D eigenvalue weighted by atomic mass is 10.2. The van der Waals surface area contributed by atoms with E-state index in [2.05, 4.69) is 16.0 Å². The molecule has 3 aromatic rings. The van der Waals surface area contributed by atoms with Crippen LogP contribution in [-0.4, -0.2) is 37.6 Å². The maximum atomic E-state index is 12.2. The highest BCUT2D eigenvalue weighted by Gasteiger charge is 2.08. The molecule has 0 radical (unpaired) electrons. The predicted molar refractivity (Wildman–Crippen MR) is 130 cm³/mol. The quantitative estimate of drug-likeness (QED) is 0.381. The van der Waals surface area contributed by atoms with Gasteiger partial charge in [0.2, 0.25) is 5.91 Å². The minimum Gasteiger partial charge on any atom is -0.490 e. The lowest BCUT2D eigenvalue weighted by Gasteiger charge is -2.11. The molecule has 0 saturated carbocycles. The van der Waals surface area contributed by atoms with Crippen LogP contribution in [0.4, 0.5) is 11.4 Å². The number of amides is 2. The lowest BCUT2D eigenvalue weighted by molar-refractivity contribution is -0.114. The van der Waals surface area contributed by atoms with Crippen LogP contribution in [-0.2, 0) is 4.79 Å². The van der Waals surface area contributed by atoms with Gasteiger partial charge in [-0.25, -0.2) is 0 Å². The fourth-order valence-corrected chi connectivity index (χ4v) is 2.94. The molecule has 0 saturated heterocycles. The van der Waals surface area contributed by atoms with Crippen molar-refractivity contribution in [1.82, 2.24) is 5.32 Å². The number of anilines is 2. The Kier molecular flexibility index (Phi) is 8.71. The van der Waals surface area contributed by atoms with Crippen LogP contribution in [0.5, 0.6) is 11.5 Å². The van der Waals surface area contributed by atoms with E-state index in [0.717, 1.165) is 17.2 Å². The second kappa shape index (κ2) is 12.1. The highest BCUT2D eigenvalue weighted by atomic mass is 16.5. The number of carbonyl (C=O) groups is 2. The Morgan fingerprint density at radius 2 is 1.33 bits per heavy atom. The van der Waals surface area contributed by atoms with Crippen molar-refractivity contribution in [2.24, 2.45) is 0 Å². The van der Waals surface area contributed by atoms with E-state index in [1.165, 1.54) is 0 Å². The minimum atomic E-state index is -0.187. The molecule has 172 valence electrons. The molecule has 0 heterocycles. The van der Waals surface area contributed by atoms with E-state index in [0.29, 0.717) is 24.5 Å². The normalized spacial score (nSPS) is 10.4. The molecule has 0 aliphatic heterocycles. The van der Waals surface area contributed by atoms with Crippen molar-refractivity contribution in [2.75, 3.05) is 30.4 Å². The van der Waals surface area contributed by atoms with E-state index in [1.54, 1.807) is 24.3 Å². The summed E-state index contributed by atoms with van der Waals surface area (Å²) in [5.41, 5.74) is 1.98. The molecule has 3 aromatic carbocycles. The smallest absolute Gasteiger partial charge is 0.251 e. The molecular weight excluding hydrogens is 418 g/mol. The Balaban J connectivity index is 1.37. The fraction of sp³-hybridized carbons (Fsp3) is 0.231. The molecule has 2 amide bonds. The fourth-order valence-electron chi connectivity index (χ4n) is 2.94. The van der Waals surface area contributed by atoms with Crippen molar-refractivity contribution in [1.29, 1.82) is 0 Å². The van der Waals surface area contributed by atoms with Gasteiger partial charge >= 0.3 is 0 Å². The number of carbonyl (C=O) groups excluding carboxylic acids is 2. The first-order valence-corrected chi connectivity index (χ1v) is 10.8. The van der Waals surface area contributed by atoms with Crippen LogP contribution in [0, 0.1) is 0 Å². The molecule has 0 fully saturated rings. The third-order valence-corrected chi connectivity index (χ3v) is 4.52. The second-order valence-electron chi connectivity index (χ2n) is 7.64. The van der Waals surface area contributed by atoms with Crippen LogP contribution in [0.25, 0.3) is 0 Å². The summed E-state index contributed by atoms with van der Waals surface area (Å²) in [6, 6.07) is 23.8. The van der Waals surface area contributed by atoms with Gasteiger partial charge in [0, 0.05) is 23.0 Å². The average molecular weight is 448 g/mol.